The van der Waals surface area contributed by atoms with Crippen molar-refractivity contribution in [2.45, 2.75) is 64.4 Å². The summed E-state index contributed by atoms with van der Waals surface area (Å²) in [5.74, 6) is -2.62. The van der Waals surface area contributed by atoms with Crippen molar-refractivity contribution >= 4 is 17.8 Å². The minimum absolute atomic E-state index is 0.00991. The Morgan fingerprint density at radius 3 is 2.49 bits per heavy atom. The molecule has 8 nitrogen and oxygen atoms in total. The van der Waals surface area contributed by atoms with Gasteiger partial charge in [-0.05, 0) is 44.9 Å². The Hall–Kier alpha value is -2.89. The molecule has 0 bridgehead atoms. The van der Waals surface area contributed by atoms with E-state index < -0.39 is 42.9 Å². The van der Waals surface area contributed by atoms with Gasteiger partial charge in [0.15, 0.2) is 25.0 Å². The quantitative estimate of drug-likeness (QED) is 0.396. The molecule has 1 fully saturated rings. The molecule has 4 atom stereocenters. The molecule has 0 saturated carbocycles. The highest BCUT2D eigenvalue weighted by molar-refractivity contribution is 5.97. The van der Waals surface area contributed by atoms with Crippen molar-refractivity contribution in [3.05, 3.63) is 41.5 Å². The maximum atomic E-state index is 13.2. The third kappa shape index (κ3) is 7.80. The van der Waals surface area contributed by atoms with Crippen molar-refractivity contribution in [3.63, 3.8) is 0 Å². The van der Waals surface area contributed by atoms with E-state index in [-0.39, 0.29) is 47.5 Å². The molecule has 1 aromatic carbocycles. The lowest BCUT2D eigenvalue weighted by Crippen LogP contribution is -2.30. The van der Waals surface area contributed by atoms with Crippen LogP contribution in [0.1, 0.15) is 50.0 Å². The molecule has 0 spiro atoms. The van der Waals surface area contributed by atoms with Gasteiger partial charge < -0.3 is 28.4 Å². The summed E-state index contributed by atoms with van der Waals surface area (Å²) in [5, 5.41) is 0. The molecule has 1 aromatic rings. The average molecular weight is 529 g/mol. The predicted molar refractivity (Wildman–Crippen MR) is 126 cm³/mol. The zero-order chi connectivity index (χ0) is 27.4. The number of halogens is 3. The van der Waals surface area contributed by atoms with Crippen molar-refractivity contribution in [2.24, 2.45) is 5.92 Å². The number of cyclic esters (lactones) is 1. The fourth-order valence-electron chi connectivity index (χ4n) is 3.86. The van der Waals surface area contributed by atoms with Crippen molar-refractivity contribution in [1.29, 1.82) is 0 Å². The van der Waals surface area contributed by atoms with Gasteiger partial charge in [0.1, 0.15) is 29.3 Å². The Kier molecular flexibility index (Phi) is 9.04. The van der Waals surface area contributed by atoms with Crippen LogP contribution in [0.2, 0.25) is 0 Å². The zero-order valence-corrected chi connectivity index (χ0v) is 21.3. The van der Waals surface area contributed by atoms with Crippen molar-refractivity contribution in [2.75, 3.05) is 20.5 Å². The fourth-order valence-corrected chi connectivity index (χ4v) is 3.86. The van der Waals surface area contributed by atoms with Gasteiger partial charge in [0.05, 0.1) is 6.10 Å². The highest BCUT2D eigenvalue weighted by Crippen LogP contribution is 2.35. The SMILES string of the molecule is COCOc1cc(OCC(F)(F)F)cc2c1C(=O)O[C@@H](C)[C@H](C)/C=C\C(=O)[C@H]1OC(C)(C)O[C@H]1C/C=C/2. The van der Waals surface area contributed by atoms with Gasteiger partial charge in [-0.25, -0.2) is 4.79 Å². The van der Waals surface area contributed by atoms with Crippen LogP contribution in [0.25, 0.3) is 6.08 Å². The molecule has 0 N–H and O–H groups in total. The number of alkyl halides is 3. The van der Waals surface area contributed by atoms with E-state index in [0.717, 1.165) is 0 Å². The number of benzene rings is 1. The number of ketones is 1. The first-order valence-electron chi connectivity index (χ1n) is 11.7. The monoisotopic (exact) mass is 528 g/mol. The number of rotatable bonds is 5. The van der Waals surface area contributed by atoms with Crippen LogP contribution in [0.15, 0.2) is 30.4 Å². The first-order valence-corrected chi connectivity index (χ1v) is 11.7. The van der Waals surface area contributed by atoms with Gasteiger partial charge in [-0.3, -0.25) is 4.79 Å². The number of carbonyl (C=O) groups is 2. The molecular formula is C26H31F3O8. The molecule has 0 amide bonds. The Bertz CT molecular complexity index is 1050. The summed E-state index contributed by atoms with van der Waals surface area (Å²) < 4.78 is 71.1. The van der Waals surface area contributed by atoms with Crippen LogP contribution in [0.3, 0.4) is 0 Å². The molecule has 0 radical (unpaired) electrons. The Morgan fingerprint density at radius 2 is 1.81 bits per heavy atom. The number of esters is 1. The molecule has 37 heavy (non-hydrogen) atoms. The number of carbonyl (C=O) groups excluding carboxylic acids is 2. The van der Waals surface area contributed by atoms with Crippen LogP contribution >= 0.6 is 0 Å². The first kappa shape index (κ1) is 28.7. The second-order valence-corrected chi connectivity index (χ2v) is 9.30. The summed E-state index contributed by atoms with van der Waals surface area (Å²) in [6.07, 6.45) is -0.296. The van der Waals surface area contributed by atoms with Gasteiger partial charge in [0.2, 0.25) is 0 Å². The minimum Gasteiger partial charge on any atom is -0.484 e. The van der Waals surface area contributed by atoms with Crippen LogP contribution in [-0.4, -0.2) is 62.5 Å². The number of fused-ring (bicyclic) bond motifs is 2. The lowest BCUT2D eigenvalue weighted by Gasteiger charge is -2.21. The molecule has 0 aliphatic carbocycles. The van der Waals surface area contributed by atoms with E-state index in [1.165, 1.54) is 31.4 Å². The number of ether oxygens (including phenoxy) is 6. The molecule has 2 aliphatic heterocycles. The Morgan fingerprint density at radius 1 is 1.08 bits per heavy atom. The summed E-state index contributed by atoms with van der Waals surface area (Å²) >= 11 is 0. The van der Waals surface area contributed by atoms with Crippen molar-refractivity contribution in [3.8, 4) is 11.5 Å². The smallest absolute Gasteiger partial charge is 0.422 e. The summed E-state index contributed by atoms with van der Waals surface area (Å²) in [6.45, 7) is 5.04. The molecule has 2 aliphatic rings. The van der Waals surface area contributed by atoms with E-state index in [2.05, 4.69) is 0 Å². The van der Waals surface area contributed by atoms with E-state index in [1.54, 1.807) is 39.8 Å². The molecule has 204 valence electrons. The zero-order valence-electron chi connectivity index (χ0n) is 21.3. The van der Waals surface area contributed by atoms with E-state index in [0.29, 0.717) is 0 Å². The lowest BCUT2D eigenvalue weighted by molar-refractivity contribution is -0.153. The van der Waals surface area contributed by atoms with Gasteiger partial charge in [-0.2, -0.15) is 13.2 Å². The van der Waals surface area contributed by atoms with Gasteiger partial charge in [-0.1, -0.05) is 25.2 Å². The molecule has 3 rings (SSSR count). The van der Waals surface area contributed by atoms with Crippen LogP contribution in [0, 0.1) is 5.92 Å². The van der Waals surface area contributed by atoms with Crippen LogP contribution in [0.5, 0.6) is 11.5 Å². The maximum Gasteiger partial charge on any atom is 0.422 e. The Labute approximate surface area is 213 Å². The average Bonchev–Trinajstić information content (AvgIpc) is 3.12. The second-order valence-electron chi connectivity index (χ2n) is 9.30. The van der Waals surface area contributed by atoms with Gasteiger partial charge in [0.25, 0.3) is 0 Å². The molecule has 11 heteroatoms. The van der Waals surface area contributed by atoms with Gasteiger partial charge in [-0.15, -0.1) is 0 Å². The third-order valence-corrected chi connectivity index (χ3v) is 5.77. The van der Waals surface area contributed by atoms with Crippen molar-refractivity contribution < 1.29 is 51.2 Å². The normalized spacial score (nSPS) is 27.9. The molecular weight excluding hydrogens is 497 g/mol. The molecule has 1 saturated heterocycles. The highest BCUT2D eigenvalue weighted by atomic mass is 19.4. The number of methoxy groups -OCH3 is 1. The van der Waals surface area contributed by atoms with E-state index in [4.69, 9.17) is 28.4 Å². The third-order valence-electron chi connectivity index (χ3n) is 5.77. The lowest BCUT2D eigenvalue weighted by atomic mass is 9.99. The number of hydrogen-bond donors (Lipinski definition) is 0. The second kappa shape index (κ2) is 11.7. The summed E-state index contributed by atoms with van der Waals surface area (Å²) in [7, 11) is 1.36. The highest BCUT2D eigenvalue weighted by Gasteiger charge is 2.43. The fraction of sp³-hybridized carbons (Fsp3) is 0.538. The maximum absolute atomic E-state index is 13.2. The van der Waals surface area contributed by atoms with E-state index in [1.807, 2.05) is 0 Å². The summed E-state index contributed by atoms with van der Waals surface area (Å²) in [6, 6.07) is 2.47. The summed E-state index contributed by atoms with van der Waals surface area (Å²) in [4.78, 5) is 26.1. The van der Waals surface area contributed by atoms with Gasteiger partial charge >= 0.3 is 12.1 Å². The minimum atomic E-state index is -4.57. The molecule has 2 heterocycles. The largest absolute Gasteiger partial charge is 0.484 e. The van der Waals surface area contributed by atoms with Crippen molar-refractivity contribution in [1.82, 2.24) is 0 Å². The van der Waals surface area contributed by atoms with Crippen LogP contribution < -0.4 is 9.47 Å². The first-order chi connectivity index (χ1) is 17.3. The standard InChI is InChI=1S/C26H31F3O8/c1-15-9-10-19(30)23-20(36-25(3,4)37-23)8-6-7-17-11-18(33-13-26(27,28)29)12-21(34-14-32-5)22(17)24(31)35-16(15)2/h6-7,9-12,15-16,20,23H,8,13-14H2,1-5H3/b7-6+,10-9-/t15-,16+,20+,23-/m1/s1. The molecule has 0 unspecified atom stereocenters. The summed E-state index contributed by atoms with van der Waals surface area (Å²) in [5.41, 5.74) is 0.188. The molecule has 0 aromatic heterocycles. The predicted octanol–water partition coefficient (Wildman–Crippen LogP) is 4.85. The topological polar surface area (TPSA) is 89.5 Å². The van der Waals surface area contributed by atoms with Crippen LogP contribution in [0.4, 0.5) is 13.2 Å². The van der Waals surface area contributed by atoms with E-state index >= 15 is 0 Å². The Balaban J connectivity index is 2.08. The van der Waals surface area contributed by atoms with Gasteiger partial charge in [0, 0.05) is 19.1 Å². The number of hydrogen-bond acceptors (Lipinski definition) is 8. The van der Waals surface area contributed by atoms with E-state index in [9.17, 15) is 22.8 Å². The van der Waals surface area contributed by atoms with Crippen LogP contribution in [-0.2, 0) is 23.7 Å².